The van der Waals surface area contributed by atoms with Crippen molar-refractivity contribution in [2.75, 3.05) is 20.2 Å². The summed E-state index contributed by atoms with van der Waals surface area (Å²) in [6.45, 7) is 1.84. The first-order valence-corrected chi connectivity index (χ1v) is 7.54. The molecule has 1 aliphatic heterocycles. The zero-order valence-electron chi connectivity index (χ0n) is 12.9. The minimum Gasteiger partial charge on any atom is -0.465 e. The molecule has 0 saturated carbocycles. The second-order valence-electron chi connectivity index (χ2n) is 5.57. The highest BCUT2D eigenvalue weighted by molar-refractivity contribution is 6.02. The molecule has 122 valence electrons. The second-order valence-corrected chi connectivity index (χ2v) is 5.57. The highest BCUT2D eigenvalue weighted by atomic mass is 19.1. The number of nitrogens with zero attached hydrogens (tertiary/aromatic N) is 1. The number of piperidine rings is 1. The number of ether oxygens (including phenoxy) is 1. The van der Waals surface area contributed by atoms with Crippen LogP contribution in [0.15, 0.2) is 18.3 Å². The van der Waals surface area contributed by atoms with Gasteiger partial charge in [0.15, 0.2) is 0 Å². The van der Waals surface area contributed by atoms with Crippen molar-refractivity contribution in [3.63, 3.8) is 0 Å². The summed E-state index contributed by atoms with van der Waals surface area (Å²) in [6, 6.07) is 2.45. The smallest absolute Gasteiger partial charge is 0.340 e. The summed E-state index contributed by atoms with van der Waals surface area (Å²) in [5.74, 6) is -0.278. The van der Waals surface area contributed by atoms with Gasteiger partial charge in [0.1, 0.15) is 17.2 Å². The van der Waals surface area contributed by atoms with Crippen LogP contribution >= 0.6 is 0 Å². The third kappa shape index (κ3) is 2.92. The van der Waals surface area contributed by atoms with Crippen molar-refractivity contribution in [2.45, 2.75) is 12.8 Å². The monoisotopic (exact) mass is 318 g/mol. The number of halogens is 1. The van der Waals surface area contributed by atoms with E-state index in [1.54, 1.807) is 6.20 Å². The number of nitrogens with one attached hydrogen (secondary N) is 2. The van der Waals surface area contributed by atoms with E-state index in [9.17, 15) is 9.18 Å². The molecule has 6 nitrogen and oxygen atoms in total. The van der Waals surface area contributed by atoms with E-state index in [0.717, 1.165) is 37.6 Å². The highest BCUT2D eigenvalue weighted by Gasteiger charge is 2.23. The molecule has 0 bridgehead atoms. The van der Waals surface area contributed by atoms with E-state index < -0.39 is 11.8 Å². The molecule has 0 aliphatic carbocycles. The van der Waals surface area contributed by atoms with Gasteiger partial charge in [0.05, 0.1) is 18.2 Å². The predicted molar refractivity (Wildman–Crippen MR) is 85.1 cm³/mol. The molecule has 0 amide bonds. The number of carbonyl (C=O) groups excluding carboxylic acids is 1. The van der Waals surface area contributed by atoms with Gasteiger partial charge in [-0.05, 0) is 44.0 Å². The normalized spacial score (nSPS) is 16.7. The van der Waals surface area contributed by atoms with Crippen LogP contribution in [0.3, 0.4) is 0 Å². The van der Waals surface area contributed by atoms with Crippen molar-refractivity contribution in [1.29, 1.82) is 0 Å². The lowest BCUT2D eigenvalue weighted by molar-refractivity contribution is 0.0602. The Morgan fingerprint density at radius 3 is 2.83 bits per heavy atom. The van der Waals surface area contributed by atoms with Gasteiger partial charge in [-0.25, -0.2) is 14.2 Å². The van der Waals surface area contributed by atoms with E-state index >= 15 is 0 Å². The quantitative estimate of drug-likeness (QED) is 0.750. The minimum absolute atomic E-state index is 0.103. The molecule has 2 aromatic rings. The van der Waals surface area contributed by atoms with Gasteiger partial charge in [0.2, 0.25) is 0 Å². The first kappa shape index (κ1) is 15.5. The van der Waals surface area contributed by atoms with Crippen molar-refractivity contribution in [1.82, 2.24) is 15.3 Å². The van der Waals surface area contributed by atoms with Crippen molar-refractivity contribution in [3.8, 4) is 0 Å². The van der Waals surface area contributed by atoms with E-state index in [2.05, 4.69) is 15.3 Å². The summed E-state index contributed by atoms with van der Waals surface area (Å²) in [5, 5.41) is 3.30. The van der Waals surface area contributed by atoms with Gasteiger partial charge >= 0.3 is 5.97 Å². The van der Waals surface area contributed by atoms with E-state index in [0.29, 0.717) is 16.9 Å². The standard InChI is InChI=1S/C16H19FN4O2/c1-23-16(22)11-6-10(17)7-13-14(11)21-15(20-13)12(8-18)9-2-4-19-5-3-9/h6-9,19H,2-5,18H2,1H3,(H,20,21). The average molecular weight is 318 g/mol. The average Bonchev–Trinajstić information content (AvgIpc) is 2.98. The predicted octanol–water partition coefficient (Wildman–Crippen LogP) is 1.79. The van der Waals surface area contributed by atoms with Gasteiger partial charge in [-0.15, -0.1) is 0 Å². The molecular formula is C16H19FN4O2. The molecule has 1 fully saturated rings. The molecule has 0 atom stereocenters. The molecule has 0 unspecified atom stereocenters. The third-order valence-corrected chi connectivity index (χ3v) is 4.19. The summed E-state index contributed by atoms with van der Waals surface area (Å²) >= 11 is 0. The van der Waals surface area contributed by atoms with E-state index in [1.807, 2.05) is 0 Å². The molecule has 1 aromatic heterocycles. The number of nitrogens with two attached hydrogens (primary N) is 1. The summed E-state index contributed by atoms with van der Waals surface area (Å²) in [5.41, 5.74) is 7.64. The lowest BCUT2D eigenvalue weighted by Crippen LogP contribution is -2.28. The van der Waals surface area contributed by atoms with Gasteiger partial charge in [-0.3, -0.25) is 0 Å². The van der Waals surface area contributed by atoms with Crippen molar-refractivity contribution in [3.05, 3.63) is 35.5 Å². The van der Waals surface area contributed by atoms with Crippen molar-refractivity contribution in [2.24, 2.45) is 11.7 Å². The number of aromatic amines is 1. The maximum absolute atomic E-state index is 13.7. The SMILES string of the molecule is COC(=O)c1cc(F)cc2[nH]c(C(=CN)C3CCNCC3)nc12. The molecule has 23 heavy (non-hydrogen) atoms. The lowest BCUT2D eigenvalue weighted by atomic mass is 9.90. The highest BCUT2D eigenvalue weighted by Crippen LogP contribution is 2.30. The van der Waals surface area contributed by atoms with Crippen LogP contribution in [0.4, 0.5) is 4.39 Å². The van der Waals surface area contributed by atoms with E-state index in [1.165, 1.54) is 13.2 Å². The fraction of sp³-hybridized carbons (Fsp3) is 0.375. The number of H-pyrrole nitrogens is 1. The number of carbonyl (C=O) groups is 1. The number of benzene rings is 1. The largest absolute Gasteiger partial charge is 0.465 e. The lowest BCUT2D eigenvalue weighted by Gasteiger charge is -2.23. The topological polar surface area (TPSA) is 93.0 Å². The maximum atomic E-state index is 13.7. The van der Waals surface area contributed by atoms with Crippen LogP contribution < -0.4 is 11.1 Å². The van der Waals surface area contributed by atoms with Crippen LogP contribution in [-0.2, 0) is 4.74 Å². The Morgan fingerprint density at radius 2 is 2.17 bits per heavy atom. The Balaban J connectivity index is 2.06. The molecule has 0 spiro atoms. The molecule has 2 heterocycles. The number of aromatic nitrogens is 2. The Kier molecular flexibility index (Phi) is 4.29. The zero-order valence-corrected chi connectivity index (χ0v) is 12.9. The molecule has 1 aromatic carbocycles. The fourth-order valence-electron chi connectivity index (χ4n) is 3.03. The molecule has 7 heteroatoms. The number of esters is 1. The van der Waals surface area contributed by atoms with Gasteiger partial charge in [-0.1, -0.05) is 0 Å². The molecular weight excluding hydrogens is 299 g/mol. The number of hydrogen-bond acceptors (Lipinski definition) is 5. The second kappa shape index (κ2) is 6.37. The number of rotatable bonds is 3. The van der Waals surface area contributed by atoms with E-state index in [-0.39, 0.29) is 11.5 Å². The maximum Gasteiger partial charge on any atom is 0.340 e. The van der Waals surface area contributed by atoms with Crippen molar-refractivity contribution < 1.29 is 13.9 Å². The summed E-state index contributed by atoms with van der Waals surface area (Å²) in [4.78, 5) is 19.4. The number of fused-ring (bicyclic) bond motifs is 1. The number of allylic oxidation sites excluding steroid dienone is 1. The van der Waals surface area contributed by atoms with Crippen molar-refractivity contribution >= 4 is 22.6 Å². The Labute approximate surface area is 132 Å². The first-order valence-electron chi connectivity index (χ1n) is 7.54. The van der Waals surface area contributed by atoms with Gasteiger partial charge in [0.25, 0.3) is 0 Å². The van der Waals surface area contributed by atoms with Gasteiger partial charge in [-0.2, -0.15) is 0 Å². The van der Waals surface area contributed by atoms with Crippen LogP contribution in [0.2, 0.25) is 0 Å². The minimum atomic E-state index is -0.618. The van der Waals surface area contributed by atoms with Crippen LogP contribution in [0.1, 0.15) is 29.0 Å². The summed E-state index contributed by atoms with van der Waals surface area (Å²) in [6.07, 6.45) is 3.46. The van der Waals surface area contributed by atoms with Gasteiger partial charge in [0, 0.05) is 11.8 Å². The Hall–Kier alpha value is -2.41. The Morgan fingerprint density at radius 1 is 1.43 bits per heavy atom. The summed E-state index contributed by atoms with van der Waals surface area (Å²) < 4.78 is 18.4. The molecule has 4 N–H and O–H groups in total. The fourth-order valence-corrected chi connectivity index (χ4v) is 3.03. The van der Waals surface area contributed by atoms with Crippen LogP contribution in [0, 0.1) is 11.7 Å². The van der Waals surface area contributed by atoms with Crippen LogP contribution in [0.25, 0.3) is 16.6 Å². The van der Waals surface area contributed by atoms with E-state index in [4.69, 9.17) is 10.5 Å². The van der Waals surface area contributed by atoms with Crippen LogP contribution in [0.5, 0.6) is 0 Å². The number of imidazole rings is 1. The van der Waals surface area contributed by atoms with Crippen LogP contribution in [-0.4, -0.2) is 36.1 Å². The molecule has 1 aliphatic rings. The summed E-state index contributed by atoms with van der Waals surface area (Å²) in [7, 11) is 1.26. The number of hydrogen-bond donors (Lipinski definition) is 3. The molecule has 0 radical (unpaired) electrons. The first-order chi connectivity index (χ1) is 11.1. The zero-order chi connectivity index (χ0) is 16.4. The van der Waals surface area contributed by atoms with Gasteiger partial charge < -0.3 is 20.8 Å². The molecule has 3 rings (SSSR count). The Bertz CT molecular complexity index is 763. The third-order valence-electron chi connectivity index (χ3n) is 4.19. The number of methoxy groups -OCH3 is 1. The molecule has 1 saturated heterocycles.